The van der Waals surface area contributed by atoms with Crippen LogP contribution in [-0.2, 0) is 4.74 Å². The zero-order valence-electron chi connectivity index (χ0n) is 9.88. The summed E-state index contributed by atoms with van der Waals surface area (Å²) in [5.74, 6) is 0. The molecule has 1 atom stereocenters. The Balaban J connectivity index is 1.63. The standard InChI is InChI=1S/C13H18ClNOS/c14-12-6-10(8-17-12)11-7-15-13(9-16-11)4-2-1-3-5-13/h6,8,11,15H,1-5,7,9H2. The molecule has 0 radical (unpaired) electrons. The average Bonchev–Trinajstić information content (AvgIpc) is 2.78. The fraction of sp³-hybridized carbons (Fsp3) is 0.692. The first-order chi connectivity index (χ1) is 8.27. The molecule has 2 fully saturated rings. The van der Waals surface area contributed by atoms with Gasteiger partial charge in [-0.15, -0.1) is 11.3 Å². The summed E-state index contributed by atoms with van der Waals surface area (Å²) in [5, 5.41) is 5.83. The lowest BCUT2D eigenvalue weighted by Gasteiger charge is -2.43. The van der Waals surface area contributed by atoms with E-state index in [9.17, 15) is 0 Å². The Bertz CT molecular complexity index is 377. The highest BCUT2D eigenvalue weighted by atomic mass is 35.5. The lowest BCUT2D eigenvalue weighted by molar-refractivity contribution is -0.0465. The normalized spacial score (nSPS) is 28.4. The number of thiophene rings is 1. The molecule has 3 rings (SSSR count). The number of rotatable bonds is 1. The molecule has 1 unspecified atom stereocenters. The molecule has 17 heavy (non-hydrogen) atoms. The summed E-state index contributed by atoms with van der Waals surface area (Å²) in [5.41, 5.74) is 1.49. The van der Waals surface area contributed by atoms with E-state index in [0.717, 1.165) is 17.5 Å². The Kier molecular flexibility index (Phi) is 3.44. The van der Waals surface area contributed by atoms with Crippen molar-refractivity contribution in [1.29, 1.82) is 0 Å². The smallest absolute Gasteiger partial charge is 0.0958 e. The molecule has 94 valence electrons. The first-order valence-corrected chi connectivity index (χ1v) is 7.64. The van der Waals surface area contributed by atoms with E-state index in [-0.39, 0.29) is 11.6 Å². The van der Waals surface area contributed by atoms with E-state index in [0.29, 0.717) is 0 Å². The molecule has 1 aliphatic carbocycles. The minimum Gasteiger partial charge on any atom is -0.370 e. The van der Waals surface area contributed by atoms with Gasteiger partial charge in [0.1, 0.15) is 0 Å². The van der Waals surface area contributed by atoms with E-state index in [1.54, 1.807) is 11.3 Å². The van der Waals surface area contributed by atoms with E-state index in [1.165, 1.54) is 37.7 Å². The Morgan fingerprint density at radius 3 is 2.76 bits per heavy atom. The highest BCUT2D eigenvalue weighted by molar-refractivity contribution is 7.14. The van der Waals surface area contributed by atoms with Crippen LogP contribution in [0.15, 0.2) is 11.4 Å². The molecule has 0 bridgehead atoms. The average molecular weight is 272 g/mol. The first-order valence-electron chi connectivity index (χ1n) is 6.38. The van der Waals surface area contributed by atoms with Crippen LogP contribution in [0, 0.1) is 0 Å². The molecular weight excluding hydrogens is 254 g/mol. The van der Waals surface area contributed by atoms with Crippen LogP contribution in [0.1, 0.15) is 43.8 Å². The third kappa shape index (κ3) is 2.53. The molecule has 0 aromatic carbocycles. The number of nitrogens with one attached hydrogen (secondary N) is 1. The van der Waals surface area contributed by atoms with Crippen LogP contribution < -0.4 is 5.32 Å². The number of hydrogen-bond acceptors (Lipinski definition) is 3. The van der Waals surface area contributed by atoms with Gasteiger partial charge < -0.3 is 10.1 Å². The summed E-state index contributed by atoms with van der Waals surface area (Å²) in [7, 11) is 0. The molecule has 1 aliphatic heterocycles. The second-order valence-corrected chi connectivity index (χ2v) is 6.75. The van der Waals surface area contributed by atoms with Gasteiger partial charge in [0, 0.05) is 12.1 Å². The number of ether oxygens (including phenoxy) is 1. The minimum absolute atomic E-state index is 0.186. The molecule has 0 amide bonds. The second-order valence-electron chi connectivity index (χ2n) is 5.21. The molecule has 1 N–H and O–H groups in total. The van der Waals surface area contributed by atoms with Crippen molar-refractivity contribution in [2.24, 2.45) is 0 Å². The Hall–Kier alpha value is -0.0900. The van der Waals surface area contributed by atoms with Gasteiger partial charge in [-0.25, -0.2) is 0 Å². The first kappa shape index (κ1) is 12.0. The molecular formula is C13H18ClNOS. The molecule has 2 nitrogen and oxygen atoms in total. The van der Waals surface area contributed by atoms with Gasteiger partial charge in [-0.2, -0.15) is 0 Å². The van der Waals surface area contributed by atoms with Gasteiger partial charge in [-0.05, 0) is 29.9 Å². The maximum atomic E-state index is 6.06. The van der Waals surface area contributed by atoms with Crippen LogP contribution in [0.3, 0.4) is 0 Å². The van der Waals surface area contributed by atoms with E-state index in [1.807, 2.05) is 6.07 Å². The van der Waals surface area contributed by atoms with E-state index >= 15 is 0 Å². The van der Waals surface area contributed by atoms with Crippen molar-refractivity contribution in [2.45, 2.75) is 43.7 Å². The predicted octanol–water partition coefficient (Wildman–Crippen LogP) is 3.77. The van der Waals surface area contributed by atoms with Gasteiger partial charge in [0.2, 0.25) is 0 Å². The van der Waals surface area contributed by atoms with Crippen molar-refractivity contribution >= 4 is 22.9 Å². The van der Waals surface area contributed by atoms with Crippen molar-refractivity contribution in [3.05, 3.63) is 21.3 Å². The minimum atomic E-state index is 0.186. The lowest BCUT2D eigenvalue weighted by Crippen LogP contribution is -2.55. The molecule has 1 saturated carbocycles. The third-order valence-corrected chi connectivity index (χ3v) is 5.10. The monoisotopic (exact) mass is 271 g/mol. The van der Waals surface area contributed by atoms with Crippen LogP contribution in [0.2, 0.25) is 4.34 Å². The van der Waals surface area contributed by atoms with Gasteiger partial charge in [0.25, 0.3) is 0 Å². The maximum absolute atomic E-state index is 6.06. The second kappa shape index (κ2) is 4.88. The summed E-state index contributed by atoms with van der Waals surface area (Å²) < 4.78 is 6.90. The summed E-state index contributed by atoms with van der Waals surface area (Å²) in [6, 6.07) is 2.03. The molecule has 2 heterocycles. The van der Waals surface area contributed by atoms with Gasteiger partial charge in [0.15, 0.2) is 0 Å². The summed E-state index contributed by atoms with van der Waals surface area (Å²) in [6.45, 7) is 1.78. The van der Waals surface area contributed by atoms with Crippen molar-refractivity contribution < 1.29 is 4.74 Å². The largest absolute Gasteiger partial charge is 0.370 e. The molecule has 2 aliphatic rings. The lowest BCUT2D eigenvalue weighted by atomic mass is 9.81. The Morgan fingerprint density at radius 1 is 1.35 bits per heavy atom. The van der Waals surface area contributed by atoms with Crippen molar-refractivity contribution in [1.82, 2.24) is 5.32 Å². The topological polar surface area (TPSA) is 21.3 Å². The molecule has 1 spiro atoms. The maximum Gasteiger partial charge on any atom is 0.0958 e. The zero-order chi connectivity index (χ0) is 11.7. The van der Waals surface area contributed by atoms with E-state index < -0.39 is 0 Å². The number of morpholine rings is 1. The van der Waals surface area contributed by atoms with E-state index in [4.69, 9.17) is 16.3 Å². The fourth-order valence-electron chi connectivity index (χ4n) is 2.94. The molecule has 4 heteroatoms. The van der Waals surface area contributed by atoms with Crippen LogP contribution in [-0.4, -0.2) is 18.7 Å². The van der Waals surface area contributed by atoms with E-state index in [2.05, 4.69) is 10.7 Å². The summed E-state index contributed by atoms with van der Waals surface area (Å²) >= 11 is 7.55. The highest BCUT2D eigenvalue weighted by Gasteiger charge is 2.37. The Labute approximate surface area is 111 Å². The molecule has 1 saturated heterocycles. The summed E-state index contributed by atoms with van der Waals surface area (Å²) in [4.78, 5) is 0. The van der Waals surface area contributed by atoms with Crippen LogP contribution >= 0.6 is 22.9 Å². The van der Waals surface area contributed by atoms with Crippen molar-refractivity contribution in [3.8, 4) is 0 Å². The highest BCUT2D eigenvalue weighted by Crippen LogP contribution is 2.35. The van der Waals surface area contributed by atoms with Gasteiger partial charge in [-0.3, -0.25) is 0 Å². The number of hydrogen-bond donors (Lipinski definition) is 1. The Morgan fingerprint density at radius 2 is 2.18 bits per heavy atom. The molecule has 1 aromatic heterocycles. The number of halogens is 1. The van der Waals surface area contributed by atoms with Crippen molar-refractivity contribution in [3.63, 3.8) is 0 Å². The quantitative estimate of drug-likeness (QED) is 0.840. The zero-order valence-corrected chi connectivity index (χ0v) is 11.4. The van der Waals surface area contributed by atoms with Crippen LogP contribution in [0.4, 0.5) is 0 Å². The fourth-order valence-corrected chi connectivity index (χ4v) is 3.87. The van der Waals surface area contributed by atoms with Crippen LogP contribution in [0.5, 0.6) is 0 Å². The van der Waals surface area contributed by atoms with Crippen molar-refractivity contribution in [2.75, 3.05) is 13.2 Å². The van der Waals surface area contributed by atoms with Crippen LogP contribution in [0.25, 0.3) is 0 Å². The van der Waals surface area contributed by atoms with Gasteiger partial charge in [0.05, 0.1) is 17.0 Å². The van der Waals surface area contributed by atoms with Gasteiger partial charge in [-0.1, -0.05) is 30.9 Å². The third-order valence-electron chi connectivity index (χ3n) is 3.99. The SMILES string of the molecule is Clc1cc(C2CNC3(CCCCC3)CO2)cs1. The van der Waals surface area contributed by atoms with Gasteiger partial charge >= 0.3 is 0 Å². The predicted molar refractivity (Wildman–Crippen MR) is 71.8 cm³/mol. The molecule has 1 aromatic rings. The summed E-state index contributed by atoms with van der Waals surface area (Å²) in [6.07, 6.45) is 6.78.